The second kappa shape index (κ2) is 12.8. The fourth-order valence-electron chi connectivity index (χ4n) is 3.98. The molecule has 1 fully saturated rings. The number of nitrogens with zero attached hydrogens (tertiary/aromatic N) is 5. The van der Waals surface area contributed by atoms with E-state index in [0.29, 0.717) is 12.1 Å². The number of nitriles is 1. The predicted molar refractivity (Wildman–Crippen MR) is 138 cm³/mol. The van der Waals surface area contributed by atoms with Gasteiger partial charge in [0.25, 0.3) is 0 Å². The highest BCUT2D eigenvalue weighted by molar-refractivity contribution is 5.54. The molecule has 0 atom stereocenters. The lowest BCUT2D eigenvalue weighted by molar-refractivity contribution is 0.170. The Morgan fingerprint density at radius 1 is 1.15 bits per heavy atom. The van der Waals surface area contributed by atoms with Crippen LogP contribution in [0.15, 0.2) is 30.5 Å². The molecule has 1 aromatic heterocycles. The quantitative estimate of drug-likeness (QED) is 0.734. The van der Waals surface area contributed by atoms with Crippen molar-refractivity contribution >= 4 is 18.0 Å². The molecular weight excluding hydrogens is 408 g/mol. The van der Waals surface area contributed by atoms with Crippen molar-refractivity contribution in [3.05, 3.63) is 63.3 Å². The number of allylic oxidation sites excluding steroid dienone is 1. The summed E-state index contributed by atoms with van der Waals surface area (Å²) in [7, 11) is 0. The maximum Gasteiger partial charge on any atom is 0.156 e. The Labute approximate surface area is 198 Å². The van der Waals surface area contributed by atoms with Crippen molar-refractivity contribution in [3.63, 3.8) is 0 Å². The molecule has 2 heterocycles. The summed E-state index contributed by atoms with van der Waals surface area (Å²) in [5.74, 6) is 0.730. The van der Waals surface area contributed by atoms with Gasteiger partial charge in [-0.05, 0) is 50.6 Å². The fraction of sp³-hybridized carbons (Fsp3) is 0.444. The van der Waals surface area contributed by atoms with E-state index in [9.17, 15) is 5.26 Å². The monoisotopic (exact) mass is 446 g/mol. The Hall–Kier alpha value is -3.17. The molecule has 176 valence electrons. The van der Waals surface area contributed by atoms with Gasteiger partial charge in [-0.3, -0.25) is 0 Å². The normalized spacial score (nSPS) is 15.0. The molecule has 1 N–H and O–H groups in total. The van der Waals surface area contributed by atoms with E-state index in [1.54, 1.807) is 0 Å². The van der Waals surface area contributed by atoms with Crippen molar-refractivity contribution in [2.45, 2.75) is 48.1 Å². The Kier molecular flexibility index (Phi) is 10.1. The van der Waals surface area contributed by atoms with Crippen molar-refractivity contribution in [3.8, 4) is 6.07 Å². The highest BCUT2D eigenvalue weighted by atomic mass is 15.3. The minimum absolute atomic E-state index is 0.574. The van der Waals surface area contributed by atoms with Gasteiger partial charge in [-0.2, -0.15) is 10.4 Å². The first-order valence-corrected chi connectivity index (χ1v) is 11.9. The number of hydrogen-bond donors (Lipinski definition) is 1. The highest BCUT2D eigenvalue weighted by Gasteiger charge is 2.16. The number of benzene rings is 1. The largest absolute Gasteiger partial charge is 0.369 e. The summed E-state index contributed by atoms with van der Waals surface area (Å²) >= 11 is 0. The van der Waals surface area contributed by atoms with Crippen LogP contribution in [0.1, 0.15) is 50.1 Å². The number of nitrogens with one attached hydrogen (secondary N) is 1. The van der Waals surface area contributed by atoms with Gasteiger partial charge in [0.1, 0.15) is 0 Å². The van der Waals surface area contributed by atoms with Gasteiger partial charge in [0.05, 0.1) is 17.3 Å². The first-order chi connectivity index (χ1) is 16.0. The van der Waals surface area contributed by atoms with E-state index in [2.05, 4.69) is 57.0 Å². The molecule has 6 nitrogen and oxygen atoms in total. The first kappa shape index (κ1) is 26.1. The molecule has 0 aliphatic carbocycles. The van der Waals surface area contributed by atoms with Gasteiger partial charge in [0, 0.05) is 48.9 Å². The molecule has 1 aliphatic rings. The van der Waals surface area contributed by atoms with Gasteiger partial charge >= 0.3 is 0 Å². The van der Waals surface area contributed by atoms with Crippen LogP contribution in [0.4, 0.5) is 5.82 Å². The van der Waals surface area contributed by atoms with Crippen LogP contribution in [0.25, 0.3) is 12.2 Å². The minimum Gasteiger partial charge on any atom is -0.369 e. The van der Waals surface area contributed by atoms with Gasteiger partial charge in [0.15, 0.2) is 5.82 Å². The number of likely N-dealkylation sites (N-methyl/N-ethyl adjacent to an activating group) is 1. The van der Waals surface area contributed by atoms with Crippen LogP contribution in [0.2, 0.25) is 0 Å². The van der Waals surface area contributed by atoms with Gasteiger partial charge in [-0.25, -0.2) is 0 Å². The molecule has 1 saturated heterocycles. The number of rotatable bonds is 6. The van der Waals surface area contributed by atoms with E-state index in [1.807, 2.05) is 52.8 Å². The fourth-order valence-corrected chi connectivity index (χ4v) is 3.98. The van der Waals surface area contributed by atoms with E-state index < -0.39 is 0 Å². The van der Waals surface area contributed by atoms with Crippen molar-refractivity contribution in [1.82, 2.24) is 20.0 Å². The zero-order chi connectivity index (χ0) is 24.4. The van der Waals surface area contributed by atoms with E-state index >= 15 is 0 Å². The minimum atomic E-state index is 0.574. The Morgan fingerprint density at radius 3 is 2.45 bits per heavy atom. The van der Waals surface area contributed by atoms with Gasteiger partial charge in [-0.15, -0.1) is 5.10 Å². The predicted octanol–water partition coefficient (Wildman–Crippen LogP) is 3.34. The van der Waals surface area contributed by atoms with E-state index in [4.69, 9.17) is 0 Å². The molecule has 33 heavy (non-hydrogen) atoms. The molecule has 1 aliphatic heterocycles. The molecular formula is C27H38N6. The molecule has 0 spiro atoms. The lowest BCUT2D eigenvalue weighted by atomic mass is 10.0. The van der Waals surface area contributed by atoms with E-state index in [-0.39, 0.29) is 0 Å². The molecule has 0 unspecified atom stereocenters. The summed E-state index contributed by atoms with van der Waals surface area (Å²) in [5, 5.41) is 23.6. The third-order valence-electron chi connectivity index (χ3n) is 6.07. The maximum absolute atomic E-state index is 9.31. The van der Waals surface area contributed by atoms with Gasteiger partial charge < -0.3 is 15.1 Å². The average Bonchev–Trinajstić information content (AvgIpc) is 2.85. The number of anilines is 1. The smallest absolute Gasteiger partial charge is 0.156 e. The zero-order valence-electron chi connectivity index (χ0n) is 21.1. The number of aromatic nitrogens is 2. The Balaban J connectivity index is 0.00000187. The number of piperazine rings is 1. The number of aryl methyl sites for hydroxylation is 1. The summed E-state index contributed by atoms with van der Waals surface area (Å²) in [6, 6.07) is 8.05. The maximum atomic E-state index is 9.31. The van der Waals surface area contributed by atoms with Crippen LogP contribution in [-0.2, 0) is 6.54 Å². The second-order valence-corrected chi connectivity index (χ2v) is 7.86. The third-order valence-corrected chi connectivity index (χ3v) is 6.07. The van der Waals surface area contributed by atoms with Crippen molar-refractivity contribution in [2.24, 2.45) is 0 Å². The first-order valence-electron chi connectivity index (χ1n) is 11.9. The summed E-state index contributed by atoms with van der Waals surface area (Å²) in [4.78, 5) is 4.80. The van der Waals surface area contributed by atoms with Gasteiger partial charge in [0.2, 0.25) is 0 Å². The molecule has 0 bridgehead atoms. The topological polar surface area (TPSA) is 68.1 Å². The molecule has 1 aromatic carbocycles. The molecule has 2 aromatic rings. The third kappa shape index (κ3) is 6.43. The summed E-state index contributed by atoms with van der Waals surface area (Å²) in [6.45, 7) is 22.3. The average molecular weight is 447 g/mol. The molecule has 6 heteroatoms. The summed E-state index contributed by atoms with van der Waals surface area (Å²) in [6.07, 6.45) is 4.20. The lowest BCUT2D eigenvalue weighted by Gasteiger charge is -2.35. The van der Waals surface area contributed by atoms with Crippen LogP contribution in [0.5, 0.6) is 0 Å². The summed E-state index contributed by atoms with van der Waals surface area (Å²) in [5.41, 5.74) is 4.65. The standard InChI is InChI=1S/C25H32N6.C2H6/c1-6-23-20(5)28-29-25(27-17-22-10-8-9-21(16-26)19(22)4)24(23)15-18(3)31-13-11-30(7-2)12-14-31;1-2/h6,8-10,15H,3,7,11-14,17H2,1-2,4-5H3,(H,27,29);1-2H3/b23-6-,24-15+;. The van der Waals surface area contributed by atoms with Crippen molar-refractivity contribution in [2.75, 3.05) is 38.0 Å². The molecule has 3 rings (SSSR count). The Bertz CT molecular complexity index is 1100. The van der Waals surface area contributed by atoms with E-state index in [0.717, 1.165) is 71.5 Å². The van der Waals surface area contributed by atoms with Crippen LogP contribution in [0, 0.1) is 25.2 Å². The van der Waals surface area contributed by atoms with Crippen molar-refractivity contribution in [1.29, 1.82) is 5.26 Å². The SMILES string of the molecule is C=C(/C=c1/c(NCc2cccc(C#N)c2C)nnc(C)/c1=C/C)N1CCN(CC)CC1.CC. The van der Waals surface area contributed by atoms with E-state index in [1.165, 1.54) is 0 Å². The highest BCUT2D eigenvalue weighted by Crippen LogP contribution is 2.14. The van der Waals surface area contributed by atoms with Gasteiger partial charge in [-0.1, -0.05) is 45.6 Å². The Morgan fingerprint density at radius 2 is 1.85 bits per heavy atom. The second-order valence-electron chi connectivity index (χ2n) is 7.86. The van der Waals surface area contributed by atoms with Crippen LogP contribution in [-0.4, -0.2) is 52.7 Å². The van der Waals surface area contributed by atoms with Crippen molar-refractivity contribution < 1.29 is 0 Å². The lowest BCUT2D eigenvalue weighted by Crippen LogP contribution is -2.45. The molecule has 0 saturated carbocycles. The zero-order valence-corrected chi connectivity index (χ0v) is 21.1. The molecule has 0 radical (unpaired) electrons. The van der Waals surface area contributed by atoms with Crippen LogP contribution < -0.4 is 15.8 Å². The number of hydrogen-bond acceptors (Lipinski definition) is 6. The van der Waals surface area contributed by atoms with Crippen LogP contribution >= 0.6 is 0 Å². The molecule has 0 amide bonds. The summed E-state index contributed by atoms with van der Waals surface area (Å²) < 4.78 is 0. The van der Waals surface area contributed by atoms with Crippen LogP contribution in [0.3, 0.4) is 0 Å².